The van der Waals surface area contributed by atoms with Gasteiger partial charge in [-0.3, -0.25) is 14.5 Å². The predicted octanol–water partition coefficient (Wildman–Crippen LogP) is 4.81. The molecule has 2 aromatic rings. The van der Waals surface area contributed by atoms with Crippen molar-refractivity contribution in [2.75, 3.05) is 26.1 Å². The number of phenols is 1. The number of methoxy groups -OCH3 is 2. The van der Waals surface area contributed by atoms with Crippen molar-refractivity contribution in [3.63, 3.8) is 0 Å². The van der Waals surface area contributed by atoms with E-state index in [1.807, 2.05) is 0 Å². The van der Waals surface area contributed by atoms with Crippen LogP contribution < -0.4 is 14.8 Å². The number of carbonyl (C=O) groups excluding carboxylic acids is 2. The van der Waals surface area contributed by atoms with Gasteiger partial charge in [0, 0.05) is 18.7 Å². The van der Waals surface area contributed by atoms with Crippen molar-refractivity contribution >= 4 is 51.9 Å². The third kappa shape index (κ3) is 6.72. The van der Waals surface area contributed by atoms with Gasteiger partial charge in [0.25, 0.3) is 5.91 Å². The summed E-state index contributed by atoms with van der Waals surface area (Å²) in [6.45, 7) is 0.515. The smallest absolute Gasteiger partial charge is 0.266 e. The maximum atomic E-state index is 12.8. The summed E-state index contributed by atoms with van der Waals surface area (Å²) in [5.74, 6) is 0.948. The van der Waals surface area contributed by atoms with Crippen molar-refractivity contribution in [3.8, 4) is 17.2 Å². The van der Waals surface area contributed by atoms with E-state index >= 15 is 0 Å². The molecule has 0 saturated carbocycles. The minimum Gasteiger partial charge on any atom is -0.504 e. The number of nitrogens with one attached hydrogen (secondary N) is 1. The van der Waals surface area contributed by atoms with Crippen LogP contribution in [0.2, 0.25) is 0 Å². The van der Waals surface area contributed by atoms with Gasteiger partial charge in [0.15, 0.2) is 11.5 Å². The lowest BCUT2D eigenvalue weighted by molar-refractivity contribution is -0.122. The fourth-order valence-electron chi connectivity index (χ4n) is 3.26. The molecule has 0 aliphatic carbocycles. The summed E-state index contributed by atoms with van der Waals surface area (Å²) in [6, 6.07) is 12.1. The lowest BCUT2D eigenvalue weighted by Crippen LogP contribution is -2.29. The van der Waals surface area contributed by atoms with E-state index in [4.69, 9.17) is 21.7 Å². The average molecular weight is 487 g/mol. The number of thiocarbonyl (C=S) groups is 1. The maximum absolute atomic E-state index is 12.8. The summed E-state index contributed by atoms with van der Waals surface area (Å²) in [5.41, 5.74) is 1.48. The molecule has 0 spiro atoms. The first kappa shape index (κ1) is 24.6. The summed E-state index contributed by atoms with van der Waals surface area (Å²) in [4.78, 5) is 27.0. The molecule has 2 aromatic carbocycles. The highest BCUT2D eigenvalue weighted by atomic mass is 32.2. The molecule has 0 atom stereocenters. The molecule has 1 aliphatic rings. The van der Waals surface area contributed by atoms with Crippen LogP contribution >= 0.6 is 24.0 Å². The molecule has 9 heteroatoms. The Bertz CT molecular complexity index is 1050. The number of hydrogen-bond donors (Lipinski definition) is 2. The van der Waals surface area contributed by atoms with E-state index < -0.39 is 0 Å². The van der Waals surface area contributed by atoms with Crippen molar-refractivity contribution in [1.82, 2.24) is 4.90 Å². The van der Waals surface area contributed by atoms with Gasteiger partial charge >= 0.3 is 0 Å². The third-order valence-electron chi connectivity index (χ3n) is 5.03. The summed E-state index contributed by atoms with van der Waals surface area (Å²) in [7, 11) is 3.07. The second-order valence-electron chi connectivity index (χ2n) is 7.35. The summed E-state index contributed by atoms with van der Waals surface area (Å²) in [5, 5.41) is 12.6. The van der Waals surface area contributed by atoms with Gasteiger partial charge in [0.05, 0.1) is 19.1 Å². The number of hydrogen-bond acceptors (Lipinski definition) is 7. The number of benzene rings is 2. The van der Waals surface area contributed by atoms with Crippen molar-refractivity contribution in [3.05, 3.63) is 52.9 Å². The number of carbonyl (C=O) groups is 2. The Hall–Kier alpha value is -3.04. The van der Waals surface area contributed by atoms with E-state index in [2.05, 4.69) is 5.32 Å². The maximum Gasteiger partial charge on any atom is 0.266 e. The van der Waals surface area contributed by atoms with Crippen LogP contribution in [0.4, 0.5) is 5.69 Å². The molecule has 3 rings (SSSR count). The molecule has 7 nitrogen and oxygen atoms in total. The zero-order valence-corrected chi connectivity index (χ0v) is 20.1. The number of aromatic hydroxyl groups is 1. The largest absolute Gasteiger partial charge is 0.504 e. The Labute approximate surface area is 202 Å². The first-order valence-corrected chi connectivity index (χ1v) is 11.7. The topological polar surface area (TPSA) is 88.1 Å². The second-order valence-corrected chi connectivity index (χ2v) is 9.03. The highest BCUT2D eigenvalue weighted by Gasteiger charge is 2.31. The fraction of sp³-hybridized carbons (Fsp3) is 0.292. The molecule has 1 heterocycles. The van der Waals surface area contributed by atoms with Crippen LogP contribution in [0.5, 0.6) is 17.2 Å². The van der Waals surface area contributed by atoms with Gasteiger partial charge in [0.2, 0.25) is 5.91 Å². The lowest BCUT2D eigenvalue weighted by atomic mass is 10.1. The molecule has 2 N–H and O–H groups in total. The summed E-state index contributed by atoms with van der Waals surface area (Å²) in [6.07, 6.45) is 4.43. The van der Waals surface area contributed by atoms with Gasteiger partial charge in [-0.15, -0.1) is 0 Å². The van der Waals surface area contributed by atoms with Crippen LogP contribution in [0.25, 0.3) is 6.08 Å². The number of amides is 2. The molecule has 1 fully saturated rings. The lowest BCUT2D eigenvalue weighted by Gasteiger charge is -2.14. The zero-order valence-electron chi connectivity index (χ0n) is 18.5. The first-order chi connectivity index (χ1) is 15.9. The number of ether oxygens (including phenoxy) is 2. The highest BCUT2D eigenvalue weighted by molar-refractivity contribution is 8.26. The molecule has 2 amide bonds. The van der Waals surface area contributed by atoms with Crippen LogP contribution in [-0.2, 0) is 9.59 Å². The zero-order chi connectivity index (χ0) is 23.8. The second kappa shape index (κ2) is 11.7. The van der Waals surface area contributed by atoms with E-state index in [9.17, 15) is 14.7 Å². The van der Waals surface area contributed by atoms with Crippen LogP contribution in [0.3, 0.4) is 0 Å². The van der Waals surface area contributed by atoms with Gasteiger partial charge < -0.3 is 19.9 Å². The molecule has 0 bridgehead atoms. The van der Waals surface area contributed by atoms with E-state index in [1.54, 1.807) is 54.5 Å². The van der Waals surface area contributed by atoms with E-state index in [-0.39, 0.29) is 17.6 Å². The van der Waals surface area contributed by atoms with Crippen molar-refractivity contribution in [1.29, 1.82) is 0 Å². The van der Waals surface area contributed by atoms with Crippen molar-refractivity contribution < 1.29 is 24.2 Å². The van der Waals surface area contributed by atoms with Crippen LogP contribution in [0.15, 0.2) is 47.4 Å². The standard InChI is InChI=1S/C24H26N2O5S2/c1-30-18-10-8-17(9-11-18)25-22(28)6-4-3-5-13-26-23(29)21(33-24(26)32)15-16-7-12-19(27)20(14-16)31-2/h7-12,14-15,27H,3-6,13H2,1-2H3,(H,25,28)/b21-15-. The van der Waals surface area contributed by atoms with Crippen LogP contribution in [0.1, 0.15) is 31.2 Å². The van der Waals surface area contributed by atoms with Gasteiger partial charge in [-0.25, -0.2) is 0 Å². The number of unbranched alkanes of at least 4 members (excludes halogenated alkanes) is 2. The summed E-state index contributed by atoms with van der Waals surface area (Å²) >= 11 is 6.64. The Morgan fingerprint density at radius 3 is 2.58 bits per heavy atom. The van der Waals surface area contributed by atoms with E-state index in [0.29, 0.717) is 27.9 Å². The highest BCUT2D eigenvalue weighted by Crippen LogP contribution is 2.34. The van der Waals surface area contributed by atoms with Crippen molar-refractivity contribution in [2.24, 2.45) is 0 Å². The van der Waals surface area contributed by atoms with Gasteiger partial charge in [-0.1, -0.05) is 36.5 Å². The Morgan fingerprint density at radius 1 is 1.12 bits per heavy atom. The quantitative estimate of drug-likeness (QED) is 0.283. The first-order valence-electron chi connectivity index (χ1n) is 10.5. The normalized spacial score (nSPS) is 14.6. The molecule has 33 heavy (non-hydrogen) atoms. The van der Waals surface area contributed by atoms with Crippen LogP contribution in [-0.4, -0.2) is 46.9 Å². The number of phenolic OH excluding ortho intramolecular Hbond substituents is 1. The number of rotatable bonds is 10. The predicted molar refractivity (Wildman–Crippen MR) is 135 cm³/mol. The minimum atomic E-state index is -0.130. The van der Waals surface area contributed by atoms with Gasteiger partial charge in [-0.2, -0.15) is 0 Å². The molecule has 0 radical (unpaired) electrons. The molecule has 0 unspecified atom stereocenters. The molecular weight excluding hydrogens is 460 g/mol. The van der Waals surface area contributed by atoms with E-state index in [1.165, 1.54) is 24.9 Å². The molecular formula is C24H26N2O5S2. The molecule has 1 saturated heterocycles. The van der Waals surface area contributed by atoms with Crippen molar-refractivity contribution in [2.45, 2.75) is 25.7 Å². The average Bonchev–Trinajstić information content (AvgIpc) is 3.07. The Balaban J connectivity index is 1.43. The van der Waals surface area contributed by atoms with E-state index in [0.717, 1.165) is 36.3 Å². The SMILES string of the molecule is COc1ccc(NC(=O)CCCCCN2C(=O)/C(=C/c3ccc(O)c(OC)c3)SC2=S)cc1. The third-order valence-corrected chi connectivity index (χ3v) is 6.41. The number of thioether (sulfide) groups is 1. The molecule has 174 valence electrons. The summed E-state index contributed by atoms with van der Waals surface area (Å²) < 4.78 is 10.7. The molecule has 0 aromatic heterocycles. The fourth-order valence-corrected chi connectivity index (χ4v) is 4.57. The Kier molecular flexibility index (Phi) is 8.73. The Morgan fingerprint density at radius 2 is 1.88 bits per heavy atom. The van der Waals surface area contributed by atoms with Crippen LogP contribution in [0, 0.1) is 0 Å². The van der Waals surface area contributed by atoms with Gasteiger partial charge in [-0.05, 0) is 60.9 Å². The molecule has 1 aliphatic heterocycles. The number of nitrogens with zero attached hydrogens (tertiary/aromatic N) is 1. The monoisotopic (exact) mass is 486 g/mol. The number of anilines is 1. The minimum absolute atomic E-state index is 0.0416. The van der Waals surface area contributed by atoms with Gasteiger partial charge in [0.1, 0.15) is 10.1 Å².